The molecule has 0 radical (unpaired) electrons. The molecule has 0 spiro atoms. The molecule has 2 amide bonds. The third-order valence-electron chi connectivity index (χ3n) is 8.46. The van der Waals surface area contributed by atoms with E-state index in [4.69, 9.17) is 0 Å². The quantitative estimate of drug-likeness (QED) is 0.253. The molecule has 2 N–H and O–H groups in total. The number of hydrogen-bond donors (Lipinski definition) is 2. The third-order valence-corrected chi connectivity index (χ3v) is 8.46. The number of rotatable bonds is 9. The van der Waals surface area contributed by atoms with Gasteiger partial charge in [0.25, 0.3) is 11.5 Å². The van der Waals surface area contributed by atoms with Gasteiger partial charge in [-0.3, -0.25) is 28.4 Å². The lowest BCUT2D eigenvalue weighted by Crippen LogP contribution is -2.44. The summed E-state index contributed by atoms with van der Waals surface area (Å²) in [6.45, 7) is 4.44. The Kier molecular flexibility index (Phi) is 9.21. The molecule has 1 fully saturated rings. The van der Waals surface area contributed by atoms with E-state index in [-0.39, 0.29) is 30.9 Å². The normalized spacial score (nSPS) is 13.8. The Morgan fingerprint density at radius 2 is 1.46 bits per heavy atom. The van der Waals surface area contributed by atoms with Crippen LogP contribution in [-0.2, 0) is 24.4 Å². The van der Waals surface area contributed by atoms with Gasteiger partial charge in [0.1, 0.15) is 6.54 Å². The zero-order valence-corrected chi connectivity index (χ0v) is 25.8. The van der Waals surface area contributed by atoms with Crippen molar-refractivity contribution in [3.05, 3.63) is 146 Å². The molecule has 1 aromatic heterocycles. The maximum Gasteiger partial charge on any atom is 0.332 e. The van der Waals surface area contributed by atoms with Crippen LogP contribution in [0, 0.1) is 6.92 Å². The van der Waals surface area contributed by atoms with E-state index in [1.165, 1.54) is 10.1 Å². The van der Waals surface area contributed by atoms with Crippen LogP contribution in [-0.4, -0.2) is 45.0 Å². The van der Waals surface area contributed by atoms with Crippen molar-refractivity contribution in [2.45, 2.75) is 45.4 Å². The predicted molar refractivity (Wildman–Crippen MR) is 180 cm³/mol. The number of aromatic nitrogens is 2. The number of anilines is 1. The number of likely N-dealkylation sites (tertiary alicyclic amines) is 1. The molecule has 6 rings (SSSR count). The van der Waals surface area contributed by atoms with E-state index in [0.29, 0.717) is 27.7 Å². The first-order valence-corrected chi connectivity index (χ1v) is 15.6. The van der Waals surface area contributed by atoms with E-state index >= 15 is 0 Å². The monoisotopic (exact) mass is 615 g/mol. The van der Waals surface area contributed by atoms with Crippen molar-refractivity contribution >= 4 is 28.4 Å². The zero-order valence-electron chi connectivity index (χ0n) is 25.8. The summed E-state index contributed by atoms with van der Waals surface area (Å²) in [5, 5.41) is 6.34. The SMILES string of the molecule is Cc1cccc(NC(=O)Cn2c(=O)n(Cc3ccc(C(=O)NC4CCN(Cc5ccccc5)CC4)cc3)c(=O)c3ccccc32)c1. The minimum atomic E-state index is -0.580. The first kappa shape index (κ1) is 30.7. The maximum absolute atomic E-state index is 13.7. The molecule has 0 unspecified atom stereocenters. The van der Waals surface area contributed by atoms with Gasteiger partial charge in [0, 0.05) is 36.9 Å². The summed E-state index contributed by atoms with van der Waals surface area (Å²) in [5.74, 6) is -0.516. The van der Waals surface area contributed by atoms with Gasteiger partial charge in [-0.1, -0.05) is 66.7 Å². The van der Waals surface area contributed by atoms with Crippen LogP contribution < -0.4 is 21.9 Å². The summed E-state index contributed by atoms with van der Waals surface area (Å²) in [6, 6.07) is 31.7. The third kappa shape index (κ3) is 7.16. The molecule has 1 aliphatic rings. The van der Waals surface area contributed by atoms with Crippen molar-refractivity contribution in [1.82, 2.24) is 19.4 Å². The zero-order chi connectivity index (χ0) is 32.0. The van der Waals surface area contributed by atoms with Crippen molar-refractivity contribution in [3.8, 4) is 0 Å². The van der Waals surface area contributed by atoms with E-state index in [0.717, 1.165) is 42.6 Å². The van der Waals surface area contributed by atoms with Gasteiger partial charge in [-0.15, -0.1) is 0 Å². The van der Waals surface area contributed by atoms with Crippen molar-refractivity contribution in [1.29, 1.82) is 0 Å². The lowest BCUT2D eigenvalue weighted by Gasteiger charge is -2.32. The minimum absolute atomic E-state index is 0.00374. The Bertz CT molecular complexity index is 1970. The second kappa shape index (κ2) is 13.8. The van der Waals surface area contributed by atoms with E-state index in [1.54, 1.807) is 54.6 Å². The smallest absolute Gasteiger partial charge is 0.332 e. The molecule has 0 saturated carbocycles. The number of para-hydroxylation sites is 1. The van der Waals surface area contributed by atoms with Gasteiger partial charge < -0.3 is 10.6 Å². The molecule has 1 saturated heterocycles. The van der Waals surface area contributed by atoms with Crippen LogP contribution in [0.3, 0.4) is 0 Å². The lowest BCUT2D eigenvalue weighted by molar-refractivity contribution is -0.116. The number of aryl methyl sites for hydroxylation is 1. The molecule has 46 heavy (non-hydrogen) atoms. The second-order valence-corrected chi connectivity index (χ2v) is 11.9. The number of hydrogen-bond acceptors (Lipinski definition) is 5. The molecule has 9 nitrogen and oxygen atoms in total. The highest BCUT2D eigenvalue weighted by Crippen LogP contribution is 2.16. The number of carbonyl (C=O) groups is 2. The van der Waals surface area contributed by atoms with E-state index < -0.39 is 11.2 Å². The van der Waals surface area contributed by atoms with Gasteiger partial charge in [-0.25, -0.2) is 4.79 Å². The van der Waals surface area contributed by atoms with Gasteiger partial charge in [0.2, 0.25) is 5.91 Å². The Morgan fingerprint density at radius 3 is 2.20 bits per heavy atom. The Hall–Kier alpha value is -5.28. The first-order chi connectivity index (χ1) is 22.3. The molecule has 0 bridgehead atoms. The number of nitrogens with one attached hydrogen (secondary N) is 2. The summed E-state index contributed by atoms with van der Waals surface area (Å²) < 4.78 is 2.47. The van der Waals surface area contributed by atoms with E-state index in [9.17, 15) is 19.2 Å². The molecule has 4 aromatic carbocycles. The average Bonchev–Trinajstić information content (AvgIpc) is 3.07. The fourth-order valence-electron chi connectivity index (χ4n) is 6.02. The molecule has 0 aliphatic carbocycles. The highest BCUT2D eigenvalue weighted by atomic mass is 16.2. The molecular formula is C37H37N5O4. The standard InChI is InChI=1S/C37H37N5O4/c1-26-8-7-11-31(22-26)38-34(43)25-41-33-13-6-5-12-32(33)36(45)42(37(41)46)24-28-14-16-29(17-15-28)35(44)39-30-18-20-40(21-19-30)23-27-9-3-2-4-10-27/h2-17,22,30H,18-21,23-25H2,1H3,(H,38,43)(H,39,44). The van der Waals surface area contributed by atoms with Crippen molar-refractivity contribution in [2.75, 3.05) is 18.4 Å². The van der Waals surface area contributed by atoms with E-state index in [2.05, 4.69) is 39.8 Å². The average molecular weight is 616 g/mol. The van der Waals surface area contributed by atoms with Gasteiger partial charge in [-0.05, 0) is 72.9 Å². The fraction of sp³-hybridized carbons (Fsp3) is 0.243. The Morgan fingerprint density at radius 1 is 0.761 bits per heavy atom. The number of fused-ring (bicyclic) bond motifs is 1. The highest BCUT2D eigenvalue weighted by molar-refractivity contribution is 5.94. The van der Waals surface area contributed by atoms with Crippen LogP contribution >= 0.6 is 0 Å². The molecule has 9 heteroatoms. The van der Waals surface area contributed by atoms with Crippen LogP contribution in [0.25, 0.3) is 10.9 Å². The van der Waals surface area contributed by atoms with Crippen LogP contribution in [0.4, 0.5) is 5.69 Å². The van der Waals surface area contributed by atoms with Crippen LogP contribution in [0.5, 0.6) is 0 Å². The van der Waals surface area contributed by atoms with Crippen LogP contribution in [0.2, 0.25) is 0 Å². The summed E-state index contributed by atoms with van der Waals surface area (Å²) in [7, 11) is 0. The number of piperidine rings is 1. The van der Waals surface area contributed by atoms with Crippen molar-refractivity contribution in [3.63, 3.8) is 0 Å². The number of benzene rings is 4. The van der Waals surface area contributed by atoms with Gasteiger partial charge in [-0.2, -0.15) is 0 Å². The first-order valence-electron chi connectivity index (χ1n) is 15.6. The Balaban J connectivity index is 1.13. The Labute approximate surface area is 267 Å². The summed E-state index contributed by atoms with van der Waals surface area (Å²) in [5.41, 5.74) is 3.51. The minimum Gasteiger partial charge on any atom is -0.349 e. The highest BCUT2D eigenvalue weighted by Gasteiger charge is 2.21. The van der Waals surface area contributed by atoms with Crippen molar-refractivity contribution in [2.24, 2.45) is 0 Å². The predicted octanol–water partition coefficient (Wildman–Crippen LogP) is 4.55. The lowest BCUT2D eigenvalue weighted by atomic mass is 10.0. The van der Waals surface area contributed by atoms with Gasteiger partial charge in [0.05, 0.1) is 17.4 Å². The number of carbonyl (C=O) groups excluding carboxylic acids is 2. The molecular weight excluding hydrogens is 578 g/mol. The second-order valence-electron chi connectivity index (χ2n) is 11.9. The van der Waals surface area contributed by atoms with Crippen molar-refractivity contribution < 1.29 is 9.59 Å². The summed E-state index contributed by atoms with van der Waals surface area (Å²) in [6.07, 6.45) is 1.77. The van der Waals surface area contributed by atoms with Gasteiger partial charge >= 0.3 is 5.69 Å². The molecule has 2 heterocycles. The summed E-state index contributed by atoms with van der Waals surface area (Å²) >= 11 is 0. The number of nitrogens with zero attached hydrogens (tertiary/aromatic N) is 3. The topological polar surface area (TPSA) is 105 Å². The van der Waals surface area contributed by atoms with Crippen LogP contribution in [0.1, 0.15) is 39.9 Å². The fourth-order valence-corrected chi connectivity index (χ4v) is 6.02. The van der Waals surface area contributed by atoms with Gasteiger partial charge in [0.15, 0.2) is 0 Å². The molecule has 5 aromatic rings. The largest absolute Gasteiger partial charge is 0.349 e. The molecule has 0 atom stereocenters. The molecule has 234 valence electrons. The molecule has 1 aliphatic heterocycles. The van der Waals surface area contributed by atoms with Crippen LogP contribution in [0.15, 0.2) is 113 Å². The maximum atomic E-state index is 13.7. The summed E-state index contributed by atoms with van der Waals surface area (Å²) in [4.78, 5) is 55.5. The number of amides is 2. The van der Waals surface area contributed by atoms with E-state index in [1.807, 2.05) is 31.2 Å².